The second kappa shape index (κ2) is 3.10. The Labute approximate surface area is 74.7 Å². The van der Waals surface area contributed by atoms with Crippen molar-refractivity contribution in [1.82, 2.24) is 9.97 Å². The maximum absolute atomic E-state index is 4.08. The van der Waals surface area contributed by atoms with E-state index in [2.05, 4.69) is 20.6 Å². The zero-order valence-corrected chi connectivity index (χ0v) is 7.32. The van der Waals surface area contributed by atoms with Gasteiger partial charge in [-0.05, 0) is 13.0 Å². The molecule has 0 bridgehead atoms. The van der Waals surface area contributed by atoms with Crippen molar-refractivity contribution < 1.29 is 0 Å². The van der Waals surface area contributed by atoms with Crippen molar-refractivity contribution in [2.24, 2.45) is 5.10 Å². The van der Waals surface area contributed by atoms with Crippen molar-refractivity contribution in [2.75, 3.05) is 5.01 Å². The molecule has 0 aliphatic carbocycles. The van der Waals surface area contributed by atoms with E-state index in [1.165, 1.54) is 11.8 Å². The van der Waals surface area contributed by atoms with Gasteiger partial charge in [-0.3, -0.25) is 0 Å². The Hall–Kier alpha value is -1.10. The molecule has 1 unspecified atom stereocenters. The summed E-state index contributed by atoms with van der Waals surface area (Å²) in [6, 6.07) is 1.78. The van der Waals surface area contributed by atoms with Gasteiger partial charge in [-0.25, -0.2) is 15.0 Å². The van der Waals surface area contributed by atoms with E-state index in [1.807, 2.05) is 6.92 Å². The van der Waals surface area contributed by atoms with Gasteiger partial charge in [-0.15, -0.1) is 0 Å². The Morgan fingerprint density at radius 1 is 1.50 bits per heavy atom. The second-order valence-corrected chi connectivity index (χ2v) is 3.40. The van der Waals surface area contributed by atoms with Gasteiger partial charge in [0.05, 0.1) is 0 Å². The molecule has 61 valence electrons. The Bertz CT molecular complexity index is 287. The van der Waals surface area contributed by atoms with Crippen LogP contribution in [0.3, 0.4) is 0 Å². The third-order valence-corrected chi connectivity index (χ3v) is 2.20. The number of nitrogens with zero attached hydrogens (tertiary/aromatic N) is 4. The third-order valence-electron chi connectivity index (χ3n) is 1.47. The van der Waals surface area contributed by atoms with Gasteiger partial charge < -0.3 is 0 Å². The van der Waals surface area contributed by atoms with Crippen molar-refractivity contribution in [1.29, 1.82) is 0 Å². The van der Waals surface area contributed by atoms with Crippen LogP contribution in [0.15, 0.2) is 23.6 Å². The number of aromatic nitrogens is 2. The molecule has 0 fully saturated rings. The largest absolute Gasteiger partial charge is 0.247 e. The molecule has 1 aromatic heterocycles. The van der Waals surface area contributed by atoms with Gasteiger partial charge in [0.1, 0.15) is 5.37 Å². The highest BCUT2D eigenvalue weighted by molar-refractivity contribution is 8.12. The molecule has 1 atom stereocenters. The number of anilines is 1. The molecule has 2 rings (SSSR count). The normalized spacial score (nSPS) is 21.8. The molecule has 1 radical (unpaired) electrons. The van der Waals surface area contributed by atoms with Gasteiger partial charge in [0.2, 0.25) is 5.95 Å². The van der Waals surface area contributed by atoms with Crippen LogP contribution < -0.4 is 5.01 Å². The van der Waals surface area contributed by atoms with Crippen molar-refractivity contribution in [3.63, 3.8) is 0 Å². The summed E-state index contributed by atoms with van der Waals surface area (Å²) in [6.45, 7) is 2.03. The first-order valence-corrected chi connectivity index (χ1v) is 4.43. The predicted octanol–water partition coefficient (Wildman–Crippen LogP) is 1.20. The molecule has 4 nitrogen and oxygen atoms in total. The number of hydrogen-bond donors (Lipinski definition) is 0. The minimum absolute atomic E-state index is 0.243. The fraction of sp³-hybridized carbons (Fsp3) is 0.286. The first kappa shape index (κ1) is 7.54. The molecule has 0 saturated heterocycles. The fourth-order valence-corrected chi connectivity index (χ4v) is 1.42. The molecule has 1 aliphatic heterocycles. The van der Waals surface area contributed by atoms with Gasteiger partial charge in [-0.2, -0.15) is 5.10 Å². The van der Waals surface area contributed by atoms with E-state index >= 15 is 0 Å². The molecule has 0 aromatic carbocycles. The summed E-state index contributed by atoms with van der Waals surface area (Å²) in [5.41, 5.74) is 2.81. The van der Waals surface area contributed by atoms with Crippen LogP contribution in [0.5, 0.6) is 0 Å². The average Bonchev–Trinajstić information content (AvgIpc) is 2.53. The Morgan fingerprint density at radius 3 is 2.83 bits per heavy atom. The van der Waals surface area contributed by atoms with Crippen LogP contribution in [0.25, 0.3) is 0 Å². The van der Waals surface area contributed by atoms with Crippen LogP contribution in [0.1, 0.15) is 6.92 Å². The Balaban J connectivity index is 2.25. The molecular formula is C7H7N4S. The molecule has 0 saturated carbocycles. The maximum atomic E-state index is 4.08. The SMILES string of the molecule is CC1S[C]=NN1c1ncccn1. The maximum Gasteiger partial charge on any atom is 0.247 e. The summed E-state index contributed by atoms with van der Waals surface area (Å²) < 4.78 is 0. The van der Waals surface area contributed by atoms with Gasteiger partial charge in [-0.1, -0.05) is 11.8 Å². The van der Waals surface area contributed by atoms with Crippen LogP contribution in [-0.2, 0) is 0 Å². The molecule has 5 heteroatoms. The van der Waals surface area contributed by atoms with Crippen molar-refractivity contribution in [3.05, 3.63) is 18.5 Å². The molecule has 1 aliphatic rings. The number of rotatable bonds is 1. The van der Waals surface area contributed by atoms with Gasteiger partial charge >= 0.3 is 0 Å². The Kier molecular flexibility index (Phi) is 1.95. The summed E-state index contributed by atoms with van der Waals surface area (Å²) in [7, 11) is 0. The van der Waals surface area contributed by atoms with Crippen LogP contribution in [0.4, 0.5) is 5.95 Å². The highest BCUT2D eigenvalue weighted by Crippen LogP contribution is 2.23. The van der Waals surface area contributed by atoms with Gasteiger partial charge in [0.25, 0.3) is 0 Å². The number of hydrazone groups is 1. The summed E-state index contributed by atoms with van der Waals surface area (Å²) in [5.74, 6) is 0.627. The topological polar surface area (TPSA) is 41.4 Å². The first-order chi connectivity index (χ1) is 5.88. The molecule has 12 heavy (non-hydrogen) atoms. The standard InChI is InChI=1S/C7H7N4S/c1-6-11(10-5-12-6)7-8-3-2-4-9-7/h2-4,6H,1H3. The smallest absolute Gasteiger partial charge is 0.220 e. The van der Waals surface area contributed by atoms with Gasteiger partial charge in [0, 0.05) is 12.4 Å². The highest BCUT2D eigenvalue weighted by atomic mass is 32.2. The minimum Gasteiger partial charge on any atom is -0.220 e. The van der Waals surface area contributed by atoms with E-state index < -0.39 is 0 Å². The molecule has 0 N–H and O–H groups in total. The monoisotopic (exact) mass is 179 g/mol. The van der Waals surface area contributed by atoms with Crippen molar-refractivity contribution in [2.45, 2.75) is 12.3 Å². The zero-order valence-electron chi connectivity index (χ0n) is 6.51. The highest BCUT2D eigenvalue weighted by Gasteiger charge is 2.20. The lowest BCUT2D eigenvalue weighted by Crippen LogP contribution is -2.22. The molecule has 2 heterocycles. The molecule has 1 aromatic rings. The lowest BCUT2D eigenvalue weighted by Gasteiger charge is -2.15. The summed E-state index contributed by atoms with van der Waals surface area (Å²) in [6.07, 6.45) is 3.40. The summed E-state index contributed by atoms with van der Waals surface area (Å²) >= 11 is 1.53. The quantitative estimate of drug-likeness (QED) is 0.649. The lowest BCUT2D eigenvalue weighted by atomic mass is 10.6. The van der Waals surface area contributed by atoms with E-state index in [0.717, 1.165) is 0 Å². The van der Waals surface area contributed by atoms with E-state index in [9.17, 15) is 0 Å². The van der Waals surface area contributed by atoms with Crippen LogP contribution in [0, 0.1) is 0 Å². The van der Waals surface area contributed by atoms with Crippen LogP contribution in [0.2, 0.25) is 0 Å². The van der Waals surface area contributed by atoms with Gasteiger partial charge in [0.15, 0.2) is 5.55 Å². The lowest BCUT2D eigenvalue weighted by molar-refractivity contribution is 0.818. The molecule has 0 spiro atoms. The second-order valence-electron chi connectivity index (χ2n) is 2.30. The number of thioether (sulfide) groups is 1. The predicted molar refractivity (Wildman–Crippen MR) is 49.0 cm³/mol. The summed E-state index contributed by atoms with van der Waals surface area (Å²) in [5, 5.41) is 5.99. The van der Waals surface area contributed by atoms with E-state index in [0.29, 0.717) is 5.95 Å². The molecule has 0 amide bonds. The summed E-state index contributed by atoms with van der Waals surface area (Å²) in [4.78, 5) is 8.16. The third kappa shape index (κ3) is 1.27. The minimum atomic E-state index is 0.243. The Morgan fingerprint density at radius 2 is 2.25 bits per heavy atom. The average molecular weight is 179 g/mol. The van der Waals surface area contributed by atoms with Crippen molar-refractivity contribution in [3.8, 4) is 0 Å². The molecular weight excluding hydrogens is 172 g/mol. The number of hydrogen-bond acceptors (Lipinski definition) is 5. The zero-order chi connectivity index (χ0) is 8.39. The van der Waals surface area contributed by atoms with E-state index in [1.54, 1.807) is 23.5 Å². The van der Waals surface area contributed by atoms with E-state index in [-0.39, 0.29) is 5.37 Å². The van der Waals surface area contributed by atoms with E-state index in [4.69, 9.17) is 0 Å². The fourth-order valence-electron chi connectivity index (χ4n) is 0.892. The van der Waals surface area contributed by atoms with Crippen LogP contribution in [-0.4, -0.2) is 20.9 Å². The first-order valence-electron chi connectivity index (χ1n) is 3.55. The van der Waals surface area contributed by atoms with Crippen LogP contribution >= 0.6 is 11.8 Å². The van der Waals surface area contributed by atoms with Crippen molar-refractivity contribution >= 4 is 23.3 Å².